The highest BCUT2D eigenvalue weighted by molar-refractivity contribution is 9.09. The van der Waals surface area contributed by atoms with E-state index in [1.54, 1.807) is 0 Å². The first-order chi connectivity index (χ1) is 4.77. The quantitative estimate of drug-likeness (QED) is 0.520. The van der Waals surface area contributed by atoms with Crippen LogP contribution in [0.3, 0.4) is 0 Å². The number of carboxylic acid groups (broad SMARTS) is 1. The van der Waals surface area contributed by atoms with Crippen molar-refractivity contribution in [2.45, 2.75) is 0 Å². The summed E-state index contributed by atoms with van der Waals surface area (Å²) in [6.07, 6.45) is -1.01. The molecule has 0 heterocycles. The molecule has 0 aliphatic rings. The smallest absolute Gasteiger partial charge is 0.404 e. The number of alkyl halides is 1. The van der Waals surface area contributed by atoms with Gasteiger partial charge in [-0.1, -0.05) is 15.9 Å². The van der Waals surface area contributed by atoms with Crippen LogP contribution in [0.5, 0.6) is 0 Å². The van der Waals surface area contributed by atoms with Crippen LogP contribution < -0.4 is 5.32 Å². The summed E-state index contributed by atoms with van der Waals surface area (Å²) >= 11 is 3.17. The molecular weight excluding hydrogens is 202 g/mol. The molecule has 0 saturated heterocycles. The topological polar surface area (TPSA) is 58.6 Å². The number of hydrogen-bond acceptors (Lipinski definition) is 2. The third-order valence-corrected chi connectivity index (χ3v) is 1.07. The first kappa shape index (κ1) is 9.71. The van der Waals surface area contributed by atoms with E-state index in [1.165, 1.54) is 0 Å². The maximum atomic E-state index is 9.86. The molecule has 0 bridgehead atoms. The van der Waals surface area contributed by atoms with E-state index in [-0.39, 0.29) is 0 Å². The van der Waals surface area contributed by atoms with Gasteiger partial charge < -0.3 is 15.2 Å². The summed E-state index contributed by atoms with van der Waals surface area (Å²) in [5.41, 5.74) is 0. The zero-order chi connectivity index (χ0) is 7.82. The van der Waals surface area contributed by atoms with Gasteiger partial charge in [0.25, 0.3) is 0 Å². The average Bonchev–Trinajstić information content (AvgIpc) is 1.87. The predicted molar refractivity (Wildman–Crippen MR) is 40.6 cm³/mol. The lowest BCUT2D eigenvalue weighted by Gasteiger charge is -2.00. The molecule has 0 aliphatic heterocycles. The van der Waals surface area contributed by atoms with E-state index in [1.807, 2.05) is 0 Å². The van der Waals surface area contributed by atoms with E-state index >= 15 is 0 Å². The molecule has 0 atom stereocenters. The molecule has 0 saturated carbocycles. The van der Waals surface area contributed by atoms with E-state index in [0.29, 0.717) is 19.8 Å². The number of hydrogen-bond donors (Lipinski definition) is 2. The SMILES string of the molecule is O=C(O)NCCOCCBr. The van der Waals surface area contributed by atoms with Gasteiger partial charge in [-0.05, 0) is 0 Å². The highest BCUT2D eigenvalue weighted by Gasteiger charge is 1.91. The molecule has 5 heteroatoms. The van der Waals surface area contributed by atoms with Crippen LogP contribution in [0.25, 0.3) is 0 Å². The summed E-state index contributed by atoms with van der Waals surface area (Å²) < 4.78 is 4.96. The monoisotopic (exact) mass is 211 g/mol. The number of rotatable bonds is 5. The highest BCUT2D eigenvalue weighted by Crippen LogP contribution is 1.80. The second-order valence-electron chi connectivity index (χ2n) is 1.53. The van der Waals surface area contributed by atoms with Crippen LogP contribution in [0.2, 0.25) is 0 Å². The van der Waals surface area contributed by atoms with Crippen molar-refractivity contribution in [3.63, 3.8) is 0 Å². The summed E-state index contributed by atoms with van der Waals surface area (Å²) in [7, 11) is 0. The molecular formula is C5H10BrNO3. The molecule has 0 aliphatic carbocycles. The number of ether oxygens (including phenoxy) is 1. The second kappa shape index (κ2) is 6.82. The first-order valence-corrected chi connectivity index (χ1v) is 4.00. The fourth-order valence-electron chi connectivity index (χ4n) is 0.387. The fourth-order valence-corrected chi connectivity index (χ4v) is 0.616. The van der Waals surface area contributed by atoms with Crippen LogP contribution in [-0.2, 0) is 4.74 Å². The van der Waals surface area contributed by atoms with E-state index in [0.717, 1.165) is 5.33 Å². The van der Waals surface area contributed by atoms with Crippen LogP contribution >= 0.6 is 15.9 Å². The second-order valence-corrected chi connectivity index (χ2v) is 2.33. The van der Waals surface area contributed by atoms with Crippen molar-refractivity contribution in [2.24, 2.45) is 0 Å². The maximum Gasteiger partial charge on any atom is 0.404 e. The molecule has 60 valence electrons. The Kier molecular flexibility index (Phi) is 6.63. The molecule has 0 radical (unpaired) electrons. The van der Waals surface area contributed by atoms with Gasteiger partial charge >= 0.3 is 6.09 Å². The summed E-state index contributed by atoms with van der Waals surface area (Å²) in [6.45, 7) is 1.39. The largest absolute Gasteiger partial charge is 0.465 e. The van der Waals surface area contributed by atoms with Crippen molar-refractivity contribution in [1.29, 1.82) is 0 Å². The Bertz CT molecular complexity index is 98.9. The molecule has 0 spiro atoms. The van der Waals surface area contributed by atoms with Crippen LogP contribution in [0, 0.1) is 0 Å². The summed E-state index contributed by atoms with van der Waals surface area (Å²) in [6, 6.07) is 0. The summed E-state index contributed by atoms with van der Waals surface area (Å²) in [5, 5.41) is 11.1. The maximum absolute atomic E-state index is 9.86. The highest BCUT2D eigenvalue weighted by atomic mass is 79.9. The van der Waals surface area contributed by atoms with E-state index in [2.05, 4.69) is 21.2 Å². The van der Waals surface area contributed by atoms with Crippen LogP contribution in [0.1, 0.15) is 0 Å². The van der Waals surface area contributed by atoms with E-state index < -0.39 is 6.09 Å². The average molecular weight is 212 g/mol. The van der Waals surface area contributed by atoms with E-state index in [4.69, 9.17) is 9.84 Å². The van der Waals surface area contributed by atoms with Gasteiger partial charge in [-0.2, -0.15) is 0 Å². The molecule has 0 rings (SSSR count). The van der Waals surface area contributed by atoms with Gasteiger partial charge in [-0.15, -0.1) is 0 Å². The van der Waals surface area contributed by atoms with E-state index in [9.17, 15) is 4.79 Å². The molecule has 2 N–H and O–H groups in total. The Balaban J connectivity index is 2.84. The van der Waals surface area contributed by atoms with Gasteiger partial charge in [-0.3, -0.25) is 0 Å². The first-order valence-electron chi connectivity index (χ1n) is 2.88. The van der Waals surface area contributed by atoms with Crippen LogP contribution in [0.15, 0.2) is 0 Å². The minimum absolute atomic E-state index is 0.350. The molecule has 0 aromatic carbocycles. The summed E-state index contributed by atoms with van der Waals surface area (Å²) in [4.78, 5) is 9.86. The predicted octanol–water partition coefficient (Wildman–Crippen LogP) is 0.665. The Morgan fingerprint density at radius 3 is 2.80 bits per heavy atom. The normalized spacial score (nSPS) is 9.30. The third kappa shape index (κ3) is 7.71. The fraction of sp³-hybridized carbons (Fsp3) is 0.800. The lowest BCUT2D eigenvalue weighted by atomic mass is 10.7. The van der Waals surface area contributed by atoms with Gasteiger partial charge in [0.05, 0.1) is 13.2 Å². The summed E-state index contributed by atoms with van der Waals surface area (Å²) in [5.74, 6) is 0. The molecule has 1 amide bonds. The lowest BCUT2D eigenvalue weighted by molar-refractivity contribution is 0.146. The van der Waals surface area contributed by atoms with Gasteiger partial charge in [0.15, 0.2) is 0 Å². The van der Waals surface area contributed by atoms with Gasteiger partial charge in [0, 0.05) is 11.9 Å². The molecule has 0 unspecified atom stereocenters. The Morgan fingerprint density at radius 1 is 1.60 bits per heavy atom. The van der Waals surface area contributed by atoms with Gasteiger partial charge in [0.2, 0.25) is 0 Å². The molecule has 0 aromatic heterocycles. The number of nitrogens with one attached hydrogen (secondary N) is 1. The van der Waals surface area contributed by atoms with Crippen molar-refractivity contribution in [1.82, 2.24) is 5.32 Å². The zero-order valence-corrected chi connectivity index (χ0v) is 7.06. The van der Waals surface area contributed by atoms with Crippen molar-refractivity contribution < 1.29 is 14.6 Å². The third-order valence-electron chi connectivity index (χ3n) is 0.744. The number of halogens is 1. The lowest BCUT2D eigenvalue weighted by Crippen LogP contribution is -2.25. The molecule has 10 heavy (non-hydrogen) atoms. The minimum Gasteiger partial charge on any atom is -0.465 e. The number of amides is 1. The molecule has 0 fully saturated rings. The van der Waals surface area contributed by atoms with Crippen molar-refractivity contribution in [3.8, 4) is 0 Å². The van der Waals surface area contributed by atoms with Crippen molar-refractivity contribution in [3.05, 3.63) is 0 Å². The van der Waals surface area contributed by atoms with Crippen LogP contribution in [-0.4, -0.2) is 36.3 Å². The van der Waals surface area contributed by atoms with Gasteiger partial charge in [-0.25, -0.2) is 4.79 Å². The zero-order valence-electron chi connectivity index (χ0n) is 5.47. The standard InChI is InChI=1S/C5H10BrNO3/c6-1-3-10-4-2-7-5(8)9/h7H,1-4H2,(H,8,9). The molecule has 4 nitrogen and oxygen atoms in total. The Hall–Kier alpha value is -0.290. The van der Waals surface area contributed by atoms with Crippen molar-refractivity contribution in [2.75, 3.05) is 25.1 Å². The van der Waals surface area contributed by atoms with Crippen LogP contribution in [0.4, 0.5) is 4.79 Å². The number of carbonyl (C=O) groups is 1. The minimum atomic E-state index is -1.01. The molecule has 0 aromatic rings. The Morgan fingerprint density at radius 2 is 2.30 bits per heavy atom. The van der Waals surface area contributed by atoms with Crippen molar-refractivity contribution >= 4 is 22.0 Å². The Labute approximate surface area is 67.7 Å². The van der Waals surface area contributed by atoms with Gasteiger partial charge in [0.1, 0.15) is 0 Å².